The lowest BCUT2D eigenvalue weighted by molar-refractivity contribution is -0.155. The largest absolute Gasteiger partial charge is 0.479 e. The summed E-state index contributed by atoms with van der Waals surface area (Å²) in [6.45, 7) is 0.0229. The minimum absolute atomic E-state index is 0.0229. The maximum Gasteiger partial charge on any atom is 0.431 e. The van der Waals surface area contributed by atoms with Crippen LogP contribution in [0.5, 0.6) is 0 Å². The van der Waals surface area contributed by atoms with Crippen LogP contribution in [0.4, 0.5) is 4.79 Å². The Bertz CT molecular complexity index is 491. The first-order valence-electron chi connectivity index (χ1n) is 6.12. The quantitative estimate of drug-likeness (QED) is 0.601. The number of hydrogen-bond acceptors (Lipinski definition) is 5. The van der Waals surface area contributed by atoms with Crippen LogP contribution in [-0.2, 0) is 25.8 Å². The molecule has 0 bridgehead atoms. The first-order valence-corrected chi connectivity index (χ1v) is 6.12. The minimum Gasteiger partial charge on any atom is -0.479 e. The summed E-state index contributed by atoms with van der Waals surface area (Å²) in [5.74, 6) is -1.98. The van der Waals surface area contributed by atoms with E-state index in [0.717, 1.165) is 5.56 Å². The highest BCUT2D eigenvalue weighted by Crippen LogP contribution is 2.03. The fourth-order valence-corrected chi connectivity index (χ4v) is 1.38. The first-order chi connectivity index (χ1) is 9.99. The van der Waals surface area contributed by atoms with Crippen molar-refractivity contribution in [2.24, 2.45) is 5.73 Å². The molecule has 1 atom stereocenters. The molecule has 8 heteroatoms. The molecule has 2 amide bonds. The summed E-state index contributed by atoms with van der Waals surface area (Å²) in [4.78, 5) is 37.4. The fraction of sp³-hybridized carbons (Fsp3) is 0.308. The third kappa shape index (κ3) is 6.92. The molecule has 0 unspecified atom stereocenters. The summed E-state index contributed by atoms with van der Waals surface area (Å²) < 4.78 is 4.82. The Morgan fingerprint density at radius 1 is 1.24 bits per heavy atom. The summed E-state index contributed by atoms with van der Waals surface area (Å²) >= 11 is 0. The van der Waals surface area contributed by atoms with Crippen molar-refractivity contribution in [1.29, 1.82) is 0 Å². The molecule has 4 N–H and O–H groups in total. The number of primary amides is 1. The van der Waals surface area contributed by atoms with Crippen molar-refractivity contribution in [2.75, 3.05) is 0 Å². The van der Waals surface area contributed by atoms with Crippen molar-refractivity contribution < 1.29 is 29.1 Å². The summed E-state index contributed by atoms with van der Waals surface area (Å²) in [5, 5.41) is 8.84. The van der Waals surface area contributed by atoms with Crippen LogP contribution < -0.4 is 11.2 Å². The van der Waals surface area contributed by atoms with Crippen molar-refractivity contribution in [3.8, 4) is 0 Å². The second kappa shape index (κ2) is 8.54. The van der Waals surface area contributed by atoms with E-state index in [1.807, 2.05) is 11.5 Å². The summed E-state index contributed by atoms with van der Waals surface area (Å²) in [7, 11) is 0. The van der Waals surface area contributed by atoms with Crippen molar-refractivity contribution in [2.45, 2.75) is 25.6 Å². The molecular formula is C13H16N2O6. The van der Waals surface area contributed by atoms with Gasteiger partial charge in [-0.3, -0.25) is 9.63 Å². The summed E-state index contributed by atoms with van der Waals surface area (Å²) in [6.07, 6.45) is -2.62. The Balaban J connectivity index is 2.32. The number of benzene rings is 1. The molecule has 1 aromatic carbocycles. The Morgan fingerprint density at radius 3 is 2.48 bits per heavy atom. The average Bonchev–Trinajstić information content (AvgIpc) is 2.45. The van der Waals surface area contributed by atoms with Gasteiger partial charge in [-0.25, -0.2) is 9.59 Å². The van der Waals surface area contributed by atoms with Gasteiger partial charge in [0.15, 0.2) is 6.10 Å². The zero-order chi connectivity index (χ0) is 15.7. The third-order valence-corrected chi connectivity index (χ3v) is 2.43. The van der Waals surface area contributed by atoms with Crippen LogP contribution in [-0.4, -0.2) is 29.2 Å². The number of amides is 2. The molecule has 114 valence electrons. The molecule has 1 aromatic rings. The number of carbonyl (C=O) groups excluding carboxylic acids is 2. The molecule has 1 rings (SSSR count). The predicted molar refractivity (Wildman–Crippen MR) is 70.7 cm³/mol. The van der Waals surface area contributed by atoms with Gasteiger partial charge in [-0.15, -0.1) is 0 Å². The van der Waals surface area contributed by atoms with Gasteiger partial charge < -0.3 is 15.6 Å². The van der Waals surface area contributed by atoms with E-state index >= 15 is 0 Å². The number of carboxylic acids is 1. The summed E-state index contributed by atoms with van der Waals surface area (Å²) in [5.41, 5.74) is 7.55. The highest BCUT2D eigenvalue weighted by atomic mass is 16.7. The molecule has 0 heterocycles. The van der Waals surface area contributed by atoms with Crippen molar-refractivity contribution in [3.05, 3.63) is 35.9 Å². The average molecular weight is 296 g/mol. The number of nitrogens with one attached hydrogen (secondary N) is 1. The molecule has 0 radical (unpaired) electrons. The van der Waals surface area contributed by atoms with Gasteiger partial charge in [-0.05, 0) is 12.0 Å². The van der Waals surface area contributed by atoms with E-state index in [9.17, 15) is 14.4 Å². The number of ether oxygens (including phenoxy) is 1. The molecular weight excluding hydrogens is 280 g/mol. The van der Waals surface area contributed by atoms with E-state index in [2.05, 4.69) is 4.84 Å². The van der Waals surface area contributed by atoms with E-state index in [0.29, 0.717) is 0 Å². The van der Waals surface area contributed by atoms with Crippen molar-refractivity contribution in [1.82, 2.24) is 5.48 Å². The number of hydroxylamine groups is 1. The van der Waals surface area contributed by atoms with Crippen LogP contribution in [0.15, 0.2) is 30.3 Å². The summed E-state index contributed by atoms with van der Waals surface area (Å²) in [6, 6.07) is 8.93. The molecule has 21 heavy (non-hydrogen) atoms. The Kier molecular flexibility index (Phi) is 6.69. The molecule has 0 aliphatic rings. The zero-order valence-corrected chi connectivity index (χ0v) is 11.2. The molecule has 0 aromatic heterocycles. The lowest BCUT2D eigenvalue weighted by Crippen LogP contribution is -2.35. The normalized spacial score (nSPS) is 11.4. The van der Waals surface area contributed by atoms with Gasteiger partial charge in [0.2, 0.25) is 5.91 Å². The first kappa shape index (κ1) is 16.4. The molecule has 0 saturated heterocycles. The maximum atomic E-state index is 11.3. The van der Waals surface area contributed by atoms with Gasteiger partial charge in [0.05, 0.1) is 0 Å². The topological polar surface area (TPSA) is 128 Å². The smallest absolute Gasteiger partial charge is 0.431 e. The molecule has 8 nitrogen and oxygen atoms in total. The van der Waals surface area contributed by atoms with E-state index in [1.165, 1.54) is 0 Å². The molecule has 0 aliphatic heterocycles. The molecule has 0 saturated carbocycles. The van der Waals surface area contributed by atoms with Crippen LogP contribution in [0.1, 0.15) is 18.4 Å². The highest BCUT2D eigenvalue weighted by Gasteiger charge is 2.20. The van der Waals surface area contributed by atoms with Crippen LogP contribution in [0.2, 0.25) is 0 Å². The van der Waals surface area contributed by atoms with E-state index in [-0.39, 0.29) is 19.4 Å². The highest BCUT2D eigenvalue weighted by molar-refractivity contribution is 5.76. The van der Waals surface area contributed by atoms with Gasteiger partial charge in [0, 0.05) is 6.42 Å². The minimum atomic E-state index is -1.37. The van der Waals surface area contributed by atoms with E-state index < -0.39 is 24.1 Å². The van der Waals surface area contributed by atoms with E-state index in [1.54, 1.807) is 24.3 Å². The number of carboxylic acid groups (broad SMARTS) is 1. The number of carbonyl (C=O) groups is 3. The maximum absolute atomic E-state index is 11.3. The fourth-order valence-electron chi connectivity index (χ4n) is 1.38. The van der Waals surface area contributed by atoms with Gasteiger partial charge in [-0.2, -0.15) is 5.48 Å². The standard InChI is InChI=1S/C13H16N2O6/c14-11(16)7-6-10(12(17)18)21-15-13(19)20-8-9-4-2-1-3-5-9/h1-5,10H,6-8H2,(H2,14,16)(H,15,19)(H,17,18)/t10-/m1/s1. The lowest BCUT2D eigenvalue weighted by atomic mass is 10.2. The van der Waals surface area contributed by atoms with Crippen LogP contribution in [0, 0.1) is 0 Å². The van der Waals surface area contributed by atoms with Gasteiger partial charge in [0.1, 0.15) is 6.61 Å². The molecule has 0 fully saturated rings. The number of hydrogen-bond donors (Lipinski definition) is 3. The van der Waals surface area contributed by atoms with Crippen molar-refractivity contribution in [3.63, 3.8) is 0 Å². The van der Waals surface area contributed by atoms with Crippen LogP contribution >= 0.6 is 0 Å². The van der Waals surface area contributed by atoms with Crippen LogP contribution in [0.3, 0.4) is 0 Å². The second-order valence-corrected chi connectivity index (χ2v) is 4.11. The monoisotopic (exact) mass is 296 g/mol. The Morgan fingerprint density at radius 2 is 1.90 bits per heavy atom. The van der Waals surface area contributed by atoms with Crippen molar-refractivity contribution >= 4 is 18.0 Å². The SMILES string of the molecule is NC(=O)CC[C@@H](ONC(=O)OCc1ccccc1)C(=O)O. The number of aliphatic carboxylic acids is 1. The zero-order valence-electron chi connectivity index (χ0n) is 11.2. The van der Waals surface area contributed by atoms with Gasteiger partial charge >= 0.3 is 12.1 Å². The Hall–Kier alpha value is -2.61. The van der Waals surface area contributed by atoms with Gasteiger partial charge in [0.25, 0.3) is 0 Å². The van der Waals surface area contributed by atoms with Gasteiger partial charge in [-0.1, -0.05) is 30.3 Å². The predicted octanol–water partition coefficient (Wildman–Crippen LogP) is 0.563. The molecule has 0 aliphatic carbocycles. The molecule has 0 spiro atoms. The number of rotatable bonds is 8. The third-order valence-electron chi connectivity index (χ3n) is 2.43. The lowest BCUT2D eigenvalue weighted by Gasteiger charge is -2.13. The van der Waals surface area contributed by atoms with E-state index in [4.69, 9.17) is 15.6 Å². The Labute approximate surface area is 120 Å². The van der Waals surface area contributed by atoms with Crippen LogP contribution in [0.25, 0.3) is 0 Å². The second-order valence-electron chi connectivity index (χ2n) is 4.11. The number of nitrogens with two attached hydrogens (primary N) is 1.